The molecule has 0 spiro atoms. The van der Waals surface area contributed by atoms with Gasteiger partial charge in [-0.25, -0.2) is 15.0 Å². The van der Waals surface area contributed by atoms with Crippen LogP contribution >= 0.6 is 11.6 Å². The number of hydrogen-bond donors (Lipinski definition) is 1. The summed E-state index contributed by atoms with van der Waals surface area (Å²) in [6.07, 6.45) is 2.15. The Bertz CT molecular complexity index is 955. The molecule has 30 heavy (non-hydrogen) atoms. The Hall–Kier alpha value is -2.88. The lowest BCUT2D eigenvalue weighted by molar-refractivity contribution is -0.143. The maximum absolute atomic E-state index is 12.3. The van der Waals surface area contributed by atoms with Crippen LogP contribution < -0.4 is 5.32 Å². The Labute approximate surface area is 179 Å². The lowest BCUT2D eigenvalue weighted by atomic mass is 10.0. The number of halogens is 1. The van der Waals surface area contributed by atoms with Crippen molar-refractivity contribution in [2.45, 2.75) is 12.1 Å². The van der Waals surface area contributed by atoms with Crippen molar-refractivity contribution in [2.75, 3.05) is 33.9 Å². The van der Waals surface area contributed by atoms with E-state index in [2.05, 4.69) is 26.8 Å². The second kappa shape index (κ2) is 9.75. The fourth-order valence-electron chi connectivity index (χ4n) is 3.20. The largest absolute Gasteiger partial charge is 0.382 e. The Morgan fingerprint density at radius 3 is 2.87 bits per heavy atom. The van der Waals surface area contributed by atoms with Crippen LogP contribution in [0.15, 0.2) is 37.2 Å². The highest BCUT2D eigenvalue weighted by Gasteiger charge is 2.32. The smallest absolute Gasteiger partial charge is 0.269 e. The molecule has 2 amide bonds. The van der Waals surface area contributed by atoms with Crippen molar-refractivity contribution in [1.29, 1.82) is 0 Å². The third-order valence-electron chi connectivity index (χ3n) is 4.69. The molecule has 0 unspecified atom stereocenters. The Balaban J connectivity index is 1.91. The van der Waals surface area contributed by atoms with Gasteiger partial charge in [0.15, 0.2) is 0 Å². The van der Waals surface area contributed by atoms with Crippen molar-refractivity contribution >= 4 is 23.4 Å². The highest BCUT2D eigenvalue weighted by atomic mass is 35.5. The van der Waals surface area contributed by atoms with Gasteiger partial charge in [-0.1, -0.05) is 18.2 Å². The van der Waals surface area contributed by atoms with E-state index in [1.165, 1.54) is 25.5 Å². The first-order valence-electron chi connectivity index (χ1n) is 9.22. The van der Waals surface area contributed by atoms with E-state index in [0.717, 1.165) is 5.56 Å². The van der Waals surface area contributed by atoms with Gasteiger partial charge in [-0.2, -0.15) is 0 Å². The number of amides is 2. The summed E-state index contributed by atoms with van der Waals surface area (Å²) < 4.78 is 11.2. The minimum atomic E-state index is -0.415. The first kappa shape index (κ1) is 21.8. The zero-order valence-electron chi connectivity index (χ0n) is 16.7. The molecule has 2 atom stereocenters. The van der Waals surface area contributed by atoms with Crippen molar-refractivity contribution in [3.63, 3.8) is 0 Å². The molecule has 3 rings (SSSR count). The van der Waals surface area contributed by atoms with E-state index in [4.69, 9.17) is 21.1 Å². The van der Waals surface area contributed by atoms with Crippen LogP contribution in [0.1, 0.15) is 22.2 Å². The summed E-state index contributed by atoms with van der Waals surface area (Å²) in [6, 6.07) is 4.79. The fourth-order valence-corrected chi connectivity index (χ4v) is 3.42. The van der Waals surface area contributed by atoms with Crippen molar-refractivity contribution < 1.29 is 19.1 Å². The normalized spacial score (nSPS) is 18.7. The van der Waals surface area contributed by atoms with Gasteiger partial charge in [-0.15, -0.1) is 0 Å². The summed E-state index contributed by atoms with van der Waals surface area (Å²) in [7, 11) is 3.10. The molecular formula is C20H22ClN5O4. The van der Waals surface area contributed by atoms with Crippen LogP contribution in [0.5, 0.6) is 0 Å². The van der Waals surface area contributed by atoms with Crippen molar-refractivity contribution in [1.82, 2.24) is 25.2 Å². The van der Waals surface area contributed by atoms with Crippen LogP contribution in [-0.4, -0.2) is 71.6 Å². The topological polar surface area (TPSA) is 107 Å². The standard InChI is InChI=1S/C20H22ClN5O4/c1-4-19(27)26-8-17(30-10-13(26)9-29-3)12-5-15(25-18(21)6-12)14-7-16(20(28)22-2)24-11-23-14/h4-7,11,13,17H,1,8-10H2,2-3H3,(H,22,28)/t13-,17-/m1/s1. The predicted molar refractivity (Wildman–Crippen MR) is 110 cm³/mol. The number of hydrogen-bond acceptors (Lipinski definition) is 7. The maximum Gasteiger partial charge on any atom is 0.269 e. The van der Waals surface area contributed by atoms with Crippen LogP contribution in [-0.2, 0) is 14.3 Å². The lowest BCUT2D eigenvalue weighted by Crippen LogP contribution is -2.51. The summed E-state index contributed by atoms with van der Waals surface area (Å²) >= 11 is 6.25. The van der Waals surface area contributed by atoms with E-state index in [1.54, 1.807) is 24.1 Å². The molecule has 0 aromatic carbocycles. The van der Waals surface area contributed by atoms with Gasteiger partial charge in [0, 0.05) is 14.2 Å². The first-order valence-corrected chi connectivity index (χ1v) is 9.60. The second-order valence-electron chi connectivity index (χ2n) is 6.60. The van der Waals surface area contributed by atoms with E-state index in [-0.39, 0.29) is 28.7 Å². The number of methoxy groups -OCH3 is 1. The SMILES string of the molecule is C=CC(=O)N1C[C@H](c2cc(Cl)nc(-c3cc(C(=O)NC)ncn3)c2)OC[C@H]1COC. The molecular weight excluding hydrogens is 410 g/mol. The first-order chi connectivity index (χ1) is 14.5. The van der Waals surface area contributed by atoms with Gasteiger partial charge in [0.1, 0.15) is 23.3 Å². The van der Waals surface area contributed by atoms with Crippen molar-refractivity contribution in [3.8, 4) is 11.4 Å². The van der Waals surface area contributed by atoms with Gasteiger partial charge in [0.2, 0.25) is 5.91 Å². The summed E-state index contributed by atoms with van der Waals surface area (Å²) in [5, 5.41) is 2.76. The third-order valence-corrected chi connectivity index (χ3v) is 4.88. The monoisotopic (exact) mass is 431 g/mol. The van der Waals surface area contributed by atoms with Crippen LogP contribution in [0.3, 0.4) is 0 Å². The Kier molecular flexibility index (Phi) is 7.09. The molecule has 9 nitrogen and oxygen atoms in total. The van der Waals surface area contributed by atoms with Gasteiger partial charge in [-0.3, -0.25) is 9.59 Å². The molecule has 1 saturated heterocycles. The predicted octanol–water partition coefficient (Wildman–Crippen LogP) is 1.65. The van der Waals surface area contributed by atoms with E-state index < -0.39 is 6.10 Å². The Morgan fingerprint density at radius 1 is 1.37 bits per heavy atom. The zero-order valence-corrected chi connectivity index (χ0v) is 17.4. The zero-order chi connectivity index (χ0) is 21.7. The van der Waals surface area contributed by atoms with Crippen molar-refractivity contribution in [3.05, 3.63) is 53.6 Å². The minimum Gasteiger partial charge on any atom is -0.382 e. The molecule has 2 aromatic rings. The van der Waals surface area contributed by atoms with Crippen LogP contribution in [0.25, 0.3) is 11.4 Å². The molecule has 3 heterocycles. The maximum atomic E-state index is 12.3. The number of carbonyl (C=O) groups is 2. The fraction of sp³-hybridized carbons (Fsp3) is 0.350. The van der Waals surface area contributed by atoms with Crippen LogP contribution in [0.4, 0.5) is 0 Å². The average Bonchev–Trinajstić information content (AvgIpc) is 2.78. The summed E-state index contributed by atoms with van der Waals surface area (Å²) in [5.41, 5.74) is 1.86. The van der Waals surface area contributed by atoms with Gasteiger partial charge < -0.3 is 19.7 Å². The number of rotatable bonds is 6. The number of morpholine rings is 1. The molecule has 2 aromatic heterocycles. The summed E-state index contributed by atoms with van der Waals surface area (Å²) in [5.74, 6) is -0.531. The van der Waals surface area contributed by atoms with Crippen molar-refractivity contribution in [2.24, 2.45) is 0 Å². The highest BCUT2D eigenvalue weighted by Crippen LogP contribution is 2.29. The minimum absolute atomic E-state index is 0.197. The summed E-state index contributed by atoms with van der Waals surface area (Å²) in [4.78, 5) is 38.3. The molecule has 0 aliphatic carbocycles. The molecule has 0 radical (unpaired) electrons. The second-order valence-corrected chi connectivity index (χ2v) is 6.99. The molecule has 1 N–H and O–H groups in total. The number of nitrogens with zero attached hydrogens (tertiary/aromatic N) is 4. The number of nitrogens with one attached hydrogen (secondary N) is 1. The van der Waals surface area contributed by atoms with E-state index in [0.29, 0.717) is 31.1 Å². The van der Waals surface area contributed by atoms with Crippen LogP contribution in [0.2, 0.25) is 5.15 Å². The molecule has 0 bridgehead atoms. The highest BCUT2D eigenvalue weighted by molar-refractivity contribution is 6.29. The van der Waals surface area contributed by atoms with Gasteiger partial charge in [-0.05, 0) is 29.8 Å². The number of carbonyl (C=O) groups excluding carboxylic acids is 2. The van der Waals surface area contributed by atoms with Gasteiger partial charge in [0.05, 0.1) is 37.2 Å². The molecule has 158 valence electrons. The molecule has 10 heteroatoms. The number of aromatic nitrogens is 3. The van der Waals surface area contributed by atoms with E-state index in [1.807, 2.05) is 0 Å². The van der Waals surface area contributed by atoms with Gasteiger partial charge >= 0.3 is 0 Å². The number of ether oxygens (including phenoxy) is 2. The Morgan fingerprint density at radius 2 is 2.17 bits per heavy atom. The lowest BCUT2D eigenvalue weighted by Gasteiger charge is -2.39. The van der Waals surface area contributed by atoms with E-state index in [9.17, 15) is 9.59 Å². The van der Waals surface area contributed by atoms with Gasteiger partial charge in [0.25, 0.3) is 5.91 Å². The third kappa shape index (κ3) is 4.81. The molecule has 0 saturated carbocycles. The molecule has 1 aliphatic heterocycles. The number of pyridine rings is 1. The van der Waals surface area contributed by atoms with Crippen LogP contribution in [0, 0.1) is 0 Å². The average molecular weight is 432 g/mol. The molecule has 1 aliphatic rings. The molecule has 1 fully saturated rings. The quantitative estimate of drug-likeness (QED) is 0.547. The summed E-state index contributed by atoms with van der Waals surface area (Å²) in [6.45, 7) is 4.55. The van der Waals surface area contributed by atoms with E-state index >= 15 is 0 Å².